The average Bonchev–Trinajstić information content (AvgIpc) is 2.92. The third kappa shape index (κ3) is 1.28. The standard InChI is InChI=1S/C12H13NO4/c1-17-8(14)4-7-5-2-3-6(7)10-9(5)11(15)13-12(10)16/h2-3,5-7,9-10H,4H2,1H3,(H,13,15,16)/t5-,6+,7?,9-,10+. The quantitative estimate of drug-likeness (QED) is 0.411. The predicted octanol–water partition coefficient (Wildman–Crippen LogP) is -0.130. The molecule has 3 rings (SSSR count). The number of nitrogens with one attached hydrogen (secondary N) is 1. The molecule has 0 aromatic rings. The smallest absolute Gasteiger partial charge is 0.305 e. The van der Waals surface area contributed by atoms with Gasteiger partial charge in [0.15, 0.2) is 0 Å². The summed E-state index contributed by atoms with van der Waals surface area (Å²) in [6.45, 7) is 0. The number of hydrogen-bond acceptors (Lipinski definition) is 4. The monoisotopic (exact) mass is 235 g/mol. The third-order valence-corrected chi connectivity index (χ3v) is 4.24. The van der Waals surface area contributed by atoms with Crippen LogP contribution in [0.5, 0.6) is 0 Å². The predicted molar refractivity (Wildman–Crippen MR) is 56.4 cm³/mol. The van der Waals surface area contributed by atoms with Gasteiger partial charge in [0.25, 0.3) is 0 Å². The zero-order chi connectivity index (χ0) is 12.2. The molecule has 1 unspecified atom stereocenters. The molecule has 1 saturated carbocycles. The minimum Gasteiger partial charge on any atom is -0.469 e. The van der Waals surface area contributed by atoms with Crippen molar-refractivity contribution in [1.29, 1.82) is 0 Å². The van der Waals surface area contributed by atoms with E-state index in [0.29, 0.717) is 0 Å². The van der Waals surface area contributed by atoms with E-state index in [0.717, 1.165) is 0 Å². The summed E-state index contributed by atoms with van der Waals surface area (Å²) in [5.41, 5.74) is 0. The van der Waals surface area contributed by atoms with Crippen LogP contribution in [0.4, 0.5) is 0 Å². The molecule has 1 saturated heterocycles. The van der Waals surface area contributed by atoms with E-state index in [2.05, 4.69) is 10.1 Å². The average molecular weight is 235 g/mol. The first-order chi connectivity index (χ1) is 8.13. The Hall–Kier alpha value is -1.65. The van der Waals surface area contributed by atoms with E-state index in [9.17, 15) is 14.4 Å². The lowest BCUT2D eigenvalue weighted by Crippen LogP contribution is -2.29. The molecule has 2 aliphatic carbocycles. The Morgan fingerprint density at radius 1 is 1.24 bits per heavy atom. The number of ether oxygens (including phenoxy) is 1. The highest BCUT2D eigenvalue weighted by atomic mass is 16.5. The van der Waals surface area contributed by atoms with Crippen molar-refractivity contribution in [2.45, 2.75) is 6.42 Å². The summed E-state index contributed by atoms with van der Waals surface area (Å²) in [4.78, 5) is 34.7. The molecular formula is C12H13NO4. The van der Waals surface area contributed by atoms with E-state index in [-0.39, 0.29) is 53.8 Å². The molecule has 5 heteroatoms. The first-order valence-corrected chi connectivity index (χ1v) is 5.73. The number of hydrogen-bond donors (Lipinski definition) is 1. The summed E-state index contributed by atoms with van der Waals surface area (Å²) in [5.74, 6) is -1.13. The Morgan fingerprint density at radius 2 is 1.76 bits per heavy atom. The number of methoxy groups -OCH3 is 1. The second kappa shape index (κ2) is 3.42. The van der Waals surface area contributed by atoms with Crippen LogP contribution in [-0.2, 0) is 19.1 Å². The van der Waals surface area contributed by atoms with Gasteiger partial charge in [-0.3, -0.25) is 19.7 Å². The number of rotatable bonds is 2. The van der Waals surface area contributed by atoms with Crippen LogP contribution in [0.1, 0.15) is 6.42 Å². The van der Waals surface area contributed by atoms with Crippen LogP contribution in [0.15, 0.2) is 12.2 Å². The van der Waals surface area contributed by atoms with E-state index in [1.807, 2.05) is 12.2 Å². The van der Waals surface area contributed by atoms with Crippen molar-refractivity contribution in [3.05, 3.63) is 12.2 Å². The fourth-order valence-corrected chi connectivity index (χ4v) is 3.56. The molecule has 17 heavy (non-hydrogen) atoms. The van der Waals surface area contributed by atoms with Crippen molar-refractivity contribution in [3.63, 3.8) is 0 Å². The van der Waals surface area contributed by atoms with E-state index in [1.54, 1.807) is 0 Å². The Balaban J connectivity index is 1.87. The van der Waals surface area contributed by atoms with Crippen LogP contribution >= 0.6 is 0 Å². The van der Waals surface area contributed by atoms with Gasteiger partial charge in [-0.25, -0.2) is 0 Å². The summed E-state index contributed by atoms with van der Waals surface area (Å²) in [5, 5.41) is 2.37. The highest BCUT2D eigenvalue weighted by Gasteiger charge is 2.60. The van der Waals surface area contributed by atoms with Crippen molar-refractivity contribution in [2.24, 2.45) is 29.6 Å². The molecule has 0 aromatic heterocycles. The van der Waals surface area contributed by atoms with Gasteiger partial charge in [0.1, 0.15) is 0 Å². The number of carbonyl (C=O) groups is 3. The SMILES string of the molecule is COC(=O)CC1[C@H]2C=C[C@@H]1[C@@H]1C(=O)NC(=O)[C@@H]12. The highest BCUT2D eigenvalue weighted by Crippen LogP contribution is 2.55. The van der Waals surface area contributed by atoms with Gasteiger partial charge in [0, 0.05) is 6.42 Å². The second-order valence-corrected chi connectivity index (χ2v) is 4.89. The lowest BCUT2D eigenvalue weighted by Gasteiger charge is -2.16. The lowest BCUT2D eigenvalue weighted by atomic mass is 9.85. The van der Waals surface area contributed by atoms with Crippen LogP contribution in [0.3, 0.4) is 0 Å². The summed E-state index contributed by atoms with van der Waals surface area (Å²) in [6.07, 6.45) is 4.22. The number of imide groups is 1. The topological polar surface area (TPSA) is 72.5 Å². The molecule has 2 bridgehead atoms. The van der Waals surface area contributed by atoms with E-state index in [1.165, 1.54) is 7.11 Å². The van der Waals surface area contributed by atoms with Gasteiger partial charge < -0.3 is 4.74 Å². The maximum Gasteiger partial charge on any atom is 0.305 e. The molecule has 2 amide bonds. The van der Waals surface area contributed by atoms with Gasteiger partial charge in [-0.05, 0) is 17.8 Å². The summed E-state index contributed by atoms with van der Waals surface area (Å²) >= 11 is 0. The first-order valence-electron chi connectivity index (χ1n) is 5.73. The van der Waals surface area contributed by atoms with Gasteiger partial charge >= 0.3 is 5.97 Å². The zero-order valence-corrected chi connectivity index (χ0v) is 9.38. The third-order valence-electron chi connectivity index (χ3n) is 4.24. The number of fused-ring (bicyclic) bond motifs is 5. The molecular weight excluding hydrogens is 222 g/mol. The van der Waals surface area contributed by atoms with E-state index < -0.39 is 0 Å². The van der Waals surface area contributed by atoms with E-state index in [4.69, 9.17) is 0 Å². The van der Waals surface area contributed by atoms with Crippen molar-refractivity contribution in [2.75, 3.05) is 7.11 Å². The molecule has 5 nitrogen and oxygen atoms in total. The largest absolute Gasteiger partial charge is 0.469 e. The van der Waals surface area contributed by atoms with Crippen molar-refractivity contribution >= 4 is 17.8 Å². The molecule has 0 aromatic carbocycles. The molecule has 1 heterocycles. The number of amides is 2. The summed E-state index contributed by atoms with van der Waals surface area (Å²) in [7, 11) is 1.35. The molecule has 1 aliphatic heterocycles. The fraction of sp³-hybridized carbons (Fsp3) is 0.583. The molecule has 1 N–H and O–H groups in total. The Kier molecular flexibility index (Phi) is 2.11. The van der Waals surface area contributed by atoms with Crippen LogP contribution in [0.2, 0.25) is 0 Å². The van der Waals surface area contributed by atoms with Crippen LogP contribution in [-0.4, -0.2) is 24.9 Å². The fourth-order valence-electron chi connectivity index (χ4n) is 3.56. The highest BCUT2D eigenvalue weighted by molar-refractivity contribution is 6.06. The van der Waals surface area contributed by atoms with Gasteiger partial charge in [0.05, 0.1) is 18.9 Å². The van der Waals surface area contributed by atoms with Crippen molar-refractivity contribution < 1.29 is 19.1 Å². The van der Waals surface area contributed by atoms with E-state index >= 15 is 0 Å². The molecule has 0 spiro atoms. The second-order valence-electron chi connectivity index (χ2n) is 4.89. The van der Waals surface area contributed by atoms with Gasteiger partial charge in [-0.2, -0.15) is 0 Å². The molecule has 0 radical (unpaired) electrons. The van der Waals surface area contributed by atoms with Gasteiger partial charge in [-0.1, -0.05) is 12.2 Å². The molecule has 5 atom stereocenters. The molecule has 90 valence electrons. The lowest BCUT2D eigenvalue weighted by molar-refractivity contribution is -0.142. The Morgan fingerprint density at radius 3 is 2.24 bits per heavy atom. The van der Waals surface area contributed by atoms with Crippen LogP contribution in [0.25, 0.3) is 0 Å². The normalized spacial score (nSPS) is 41.6. The minimum atomic E-state index is -0.276. The Labute approximate surface area is 98.2 Å². The zero-order valence-electron chi connectivity index (χ0n) is 9.38. The summed E-state index contributed by atoms with van der Waals surface area (Å²) in [6, 6.07) is 0. The molecule has 3 aliphatic rings. The first kappa shape index (κ1) is 10.5. The van der Waals surface area contributed by atoms with Gasteiger partial charge in [0.2, 0.25) is 11.8 Å². The van der Waals surface area contributed by atoms with Crippen LogP contribution < -0.4 is 5.32 Å². The maximum atomic E-state index is 11.7. The number of allylic oxidation sites excluding steroid dienone is 2. The van der Waals surface area contributed by atoms with Crippen molar-refractivity contribution in [1.82, 2.24) is 5.32 Å². The summed E-state index contributed by atoms with van der Waals surface area (Å²) < 4.78 is 4.66. The van der Waals surface area contributed by atoms with Crippen LogP contribution in [0, 0.1) is 29.6 Å². The van der Waals surface area contributed by atoms with Gasteiger partial charge in [-0.15, -0.1) is 0 Å². The minimum absolute atomic E-state index is 0.00977. The number of esters is 1. The maximum absolute atomic E-state index is 11.7. The molecule has 2 fully saturated rings. The van der Waals surface area contributed by atoms with Crippen molar-refractivity contribution in [3.8, 4) is 0 Å². The number of carbonyl (C=O) groups excluding carboxylic acids is 3. The Bertz CT molecular complexity index is 412.